The fourth-order valence-corrected chi connectivity index (χ4v) is 1.17. The Hall–Kier alpha value is -1.73. The molecule has 16 heavy (non-hydrogen) atoms. The van der Waals surface area contributed by atoms with Crippen molar-refractivity contribution in [2.75, 3.05) is 7.11 Å². The lowest BCUT2D eigenvalue weighted by atomic mass is 9.81. The van der Waals surface area contributed by atoms with Gasteiger partial charge in [0.1, 0.15) is 5.56 Å². The van der Waals surface area contributed by atoms with Crippen molar-refractivity contribution in [2.24, 2.45) is 7.05 Å². The monoisotopic (exact) mass is 234 g/mol. The maximum atomic E-state index is 12.4. The number of hydrogen-bond donors (Lipinski definition) is 0. The molecule has 1 aromatic rings. The van der Waals surface area contributed by atoms with Gasteiger partial charge in [0.05, 0.1) is 7.11 Å². The van der Waals surface area contributed by atoms with Gasteiger partial charge < -0.3 is 22.3 Å². The number of pyridine rings is 1. The van der Waals surface area contributed by atoms with Crippen LogP contribution in [-0.2, 0) is 11.8 Å². The highest BCUT2D eigenvalue weighted by Crippen LogP contribution is 2.08. The third kappa shape index (κ3) is 2.26. The van der Waals surface area contributed by atoms with Crippen LogP contribution in [0.25, 0.3) is 0 Å². The summed E-state index contributed by atoms with van der Waals surface area (Å²) in [6, 6.07) is 0.508. The maximum absolute atomic E-state index is 12.4. The van der Waals surface area contributed by atoms with Gasteiger partial charge in [-0.15, -0.1) is 0 Å². The first-order chi connectivity index (χ1) is 7.27. The Kier molecular flexibility index (Phi) is 3.11. The van der Waals surface area contributed by atoms with E-state index >= 15 is 0 Å². The molecule has 0 saturated heterocycles. The highest BCUT2D eigenvalue weighted by atomic mass is 19.4. The Bertz CT molecular complexity index is 480. The van der Waals surface area contributed by atoms with Crippen molar-refractivity contribution in [1.29, 1.82) is 0 Å². The van der Waals surface area contributed by atoms with E-state index in [-0.39, 0.29) is 0 Å². The molecule has 4 nitrogen and oxygen atoms in total. The van der Waals surface area contributed by atoms with Crippen molar-refractivity contribution >= 4 is 18.4 Å². The second-order valence-electron chi connectivity index (χ2n) is 3.17. The largest absolute Gasteiger partial charge is 0.511 e. The normalized spacial score (nSPS) is 11.3. The van der Waals surface area contributed by atoms with Gasteiger partial charge in [-0.05, 0) is 6.20 Å². The van der Waals surface area contributed by atoms with E-state index in [0.717, 1.165) is 14.2 Å². The molecule has 0 amide bonds. The lowest BCUT2D eigenvalue weighted by Crippen LogP contribution is -2.40. The summed E-state index contributed by atoms with van der Waals surface area (Å²) in [6.07, 6.45) is 0.648. The first-order valence-electron chi connectivity index (χ1n) is 4.26. The molecule has 0 unspecified atom stereocenters. The van der Waals surface area contributed by atoms with E-state index in [1.165, 1.54) is 0 Å². The molecule has 0 aliphatic carbocycles. The van der Waals surface area contributed by atoms with E-state index in [2.05, 4.69) is 4.74 Å². The van der Waals surface area contributed by atoms with E-state index in [9.17, 15) is 22.5 Å². The molecule has 1 rings (SSSR count). The van der Waals surface area contributed by atoms with Gasteiger partial charge in [-0.1, -0.05) is 11.5 Å². The van der Waals surface area contributed by atoms with E-state index in [1.54, 1.807) is 0 Å². The SMILES string of the molecule is COC(=O)c1cc([B-](F)(F)F)cn(C)c1=O. The first kappa shape index (κ1) is 12.3. The number of hydrogen-bond acceptors (Lipinski definition) is 3. The van der Waals surface area contributed by atoms with E-state index < -0.39 is 29.5 Å². The van der Waals surface area contributed by atoms with Gasteiger partial charge in [-0.2, -0.15) is 0 Å². The molecule has 0 fully saturated rings. The molecule has 0 spiro atoms. The number of esters is 1. The minimum atomic E-state index is -5.26. The summed E-state index contributed by atoms with van der Waals surface area (Å²) in [5.41, 5.74) is -2.46. The molecular formula is C8H8BF3NO3-. The lowest BCUT2D eigenvalue weighted by Gasteiger charge is -2.16. The standard InChI is InChI=1S/C8H8BF3NO3/c1-13-4-5(9(10,11)12)3-6(7(13)14)8(15)16-2/h3-4H,1-2H3/q-1. The van der Waals surface area contributed by atoms with Crippen LogP contribution in [-0.4, -0.2) is 24.6 Å². The molecule has 0 aromatic carbocycles. The van der Waals surface area contributed by atoms with E-state index in [4.69, 9.17) is 0 Å². The van der Waals surface area contributed by atoms with Gasteiger partial charge in [0.15, 0.2) is 0 Å². The molecule has 88 valence electrons. The molecule has 0 saturated carbocycles. The number of halogens is 3. The summed E-state index contributed by atoms with van der Waals surface area (Å²) in [6.45, 7) is -5.26. The van der Waals surface area contributed by atoms with Crippen LogP contribution in [0.15, 0.2) is 17.1 Å². The van der Waals surface area contributed by atoms with E-state index in [0.29, 0.717) is 16.8 Å². The molecule has 1 aromatic heterocycles. The Morgan fingerprint density at radius 2 is 2.00 bits per heavy atom. The molecule has 1 heterocycles. The number of carbonyl (C=O) groups excluding carboxylic acids is 1. The number of nitrogens with zero attached hydrogens (tertiary/aromatic N) is 1. The van der Waals surface area contributed by atoms with Gasteiger partial charge >= 0.3 is 12.9 Å². The van der Waals surface area contributed by atoms with Crippen LogP contribution >= 0.6 is 0 Å². The third-order valence-corrected chi connectivity index (χ3v) is 1.99. The smallest absolute Gasteiger partial charge is 0.465 e. The molecule has 0 aliphatic rings. The number of ether oxygens (including phenoxy) is 1. The fraction of sp³-hybridized carbons (Fsp3) is 0.250. The zero-order chi connectivity index (χ0) is 12.5. The van der Waals surface area contributed by atoms with Crippen molar-refractivity contribution in [2.45, 2.75) is 0 Å². The summed E-state index contributed by atoms with van der Waals surface area (Å²) in [7, 11) is 2.13. The van der Waals surface area contributed by atoms with Crippen LogP contribution in [0.4, 0.5) is 12.9 Å². The molecule has 0 atom stereocenters. The second kappa shape index (κ2) is 4.03. The zero-order valence-corrected chi connectivity index (χ0v) is 8.54. The van der Waals surface area contributed by atoms with Crippen LogP contribution in [0, 0.1) is 0 Å². The topological polar surface area (TPSA) is 48.3 Å². The van der Waals surface area contributed by atoms with Crippen LogP contribution in [0.2, 0.25) is 0 Å². The molecule has 0 bridgehead atoms. The zero-order valence-electron chi connectivity index (χ0n) is 8.54. The predicted octanol–water partition coefficient (Wildman–Crippen LogP) is 0.226. The number of aryl methyl sites for hydroxylation is 1. The van der Waals surface area contributed by atoms with Gasteiger partial charge in [0, 0.05) is 7.05 Å². The Morgan fingerprint density at radius 1 is 1.44 bits per heavy atom. The van der Waals surface area contributed by atoms with Crippen molar-refractivity contribution < 1.29 is 22.5 Å². The van der Waals surface area contributed by atoms with Gasteiger partial charge in [0.2, 0.25) is 0 Å². The maximum Gasteiger partial charge on any atom is 0.511 e. The number of aromatic nitrogens is 1. The van der Waals surface area contributed by atoms with E-state index in [1.807, 2.05) is 0 Å². The fourth-order valence-electron chi connectivity index (χ4n) is 1.17. The quantitative estimate of drug-likeness (QED) is 0.543. The first-order valence-corrected chi connectivity index (χ1v) is 4.26. The highest BCUT2D eigenvalue weighted by Gasteiger charge is 2.28. The van der Waals surface area contributed by atoms with Crippen LogP contribution in [0.1, 0.15) is 10.4 Å². The number of rotatable bonds is 2. The molecule has 0 aliphatic heterocycles. The molecule has 0 N–H and O–H groups in total. The predicted molar refractivity (Wildman–Crippen MR) is 51.7 cm³/mol. The molecule has 0 radical (unpaired) electrons. The third-order valence-electron chi connectivity index (χ3n) is 1.99. The van der Waals surface area contributed by atoms with Gasteiger partial charge in [0.25, 0.3) is 5.56 Å². The molecular weight excluding hydrogens is 226 g/mol. The van der Waals surface area contributed by atoms with Gasteiger partial charge in [-0.25, -0.2) is 4.79 Å². The number of carbonyl (C=O) groups is 1. The minimum absolute atomic E-state index is 0.508. The lowest BCUT2D eigenvalue weighted by molar-refractivity contribution is 0.0598. The summed E-state index contributed by atoms with van der Waals surface area (Å²) in [5, 5.41) is 0. The van der Waals surface area contributed by atoms with Crippen LogP contribution in [0.5, 0.6) is 0 Å². The minimum Gasteiger partial charge on any atom is -0.465 e. The summed E-state index contributed by atoms with van der Waals surface area (Å²) in [4.78, 5) is 22.4. The second-order valence-corrected chi connectivity index (χ2v) is 3.17. The Labute approximate surface area is 88.7 Å². The van der Waals surface area contributed by atoms with Gasteiger partial charge in [-0.3, -0.25) is 4.79 Å². The van der Waals surface area contributed by atoms with Crippen molar-refractivity contribution in [1.82, 2.24) is 4.57 Å². The summed E-state index contributed by atoms with van der Waals surface area (Å²) >= 11 is 0. The van der Waals surface area contributed by atoms with Crippen molar-refractivity contribution in [3.8, 4) is 0 Å². The molecule has 8 heteroatoms. The highest BCUT2D eigenvalue weighted by molar-refractivity contribution is 6.73. The Balaban J connectivity index is 3.46. The summed E-state index contributed by atoms with van der Waals surface area (Å²) in [5.74, 6) is -1.08. The average molecular weight is 234 g/mol. The average Bonchev–Trinajstić information content (AvgIpc) is 2.19. The van der Waals surface area contributed by atoms with Crippen molar-refractivity contribution in [3.05, 3.63) is 28.2 Å². The summed E-state index contributed by atoms with van der Waals surface area (Å²) < 4.78 is 42.3. The van der Waals surface area contributed by atoms with Crippen molar-refractivity contribution in [3.63, 3.8) is 0 Å². The van der Waals surface area contributed by atoms with Crippen LogP contribution in [0.3, 0.4) is 0 Å². The van der Waals surface area contributed by atoms with Crippen LogP contribution < -0.4 is 11.0 Å². The number of methoxy groups -OCH3 is 1. The Morgan fingerprint density at radius 3 is 2.44 bits per heavy atom.